The van der Waals surface area contributed by atoms with E-state index in [9.17, 15) is 22.8 Å². The molecule has 0 N–H and O–H groups in total. The van der Waals surface area contributed by atoms with Gasteiger partial charge in [-0.3, -0.25) is 14.5 Å². The number of hydrogen-bond donors (Lipinski definition) is 0. The molecule has 0 aromatic heterocycles. The first-order chi connectivity index (χ1) is 13.6. The van der Waals surface area contributed by atoms with Crippen LogP contribution in [0.15, 0.2) is 29.2 Å². The van der Waals surface area contributed by atoms with Crippen molar-refractivity contribution < 1.29 is 27.5 Å². The summed E-state index contributed by atoms with van der Waals surface area (Å²) in [6, 6.07) is 5.11. The second-order valence-corrected chi connectivity index (χ2v) is 9.91. The summed E-state index contributed by atoms with van der Waals surface area (Å²) in [5.74, 6) is -1.91. The second kappa shape index (κ2) is 8.23. The highest BCUT2D eigenvalue weighted by Crippen LogP contribution is 2.38. The molecule has 0 bridgehead atoms. The van der Waals surface area contributed by atoms with Gasteiger partial charge in [0.1, 0.15) is 12.6 Å². The van der Waals surface area contributed by atoms with Crippen LogP contribution in [0.2, 0.25) is 0 Å². The molecule has 3 atom stereocenters. The lowest BCUT2D eigenvalue weighted by Crippen LogP contribution is -2.44. The first-order valence-electron chi connectivity index (χ1n) is 9.69. The van der Waals surface area contributed by atoms with E-state index in [1.807, 2.05) is 0 Å². The van der Waals surface area contributed by atoms with Crippen molar-refractivity contribution in [3.63, 3.8) is 0 Å². The number of benzene rings is 1. The van der Waals surface area contributed by atoms with Crippen molar-refractivity contribution in [2.45, 2.75) is 50.2 Å². The number of imide groups is 1. The monoisotopic (exact) mass is 422 g/mol. The third kappa shape index (κ3) is 4.06. The van der Waals surface area contributed by atoms with E-state index >= 15 is 0 Å². The van der Waals surface area contributed by atoms with Crippen LogP contribution >= 0.6 is 0 Å². The van der Waals surface area contributed by atoms with Gasteiger partial charge in [-0.05, 0) is 37.5 Å². The topological polar surface area (TPSA) is 101 Å². The third-order valence-electron chi connectivity index (χ3n) is 5.66. The van der Waals surface area contributed by atoms with Crippen LogP contribution < -0.4 is 0 Å². The van der Waals surface area contributed by atoms with Crippen molar-refractivity contribution in [2.24, 2.45) is 11.8 Å². The number of rotatable bonds is 6. The fourth-order valence-electron chi connectivity index (χ4n) is 3.96. The van der Waals surface area contributed by atoms with Gasteiger partial charge in [-0.25, -0.2) is 17.5 Å². The normalized spacial score (nSPS) is 23.2. The Morgan fingerprint density at radius 3 is 2.31 bits per heavy atom. The Morgan fingerprint density at radius 2 is 1.76 bits per heavy atom. The maximum atomic E-state index is 12.6. The molecule has 0 unspecified atom stereocenters. The van der Waals surface area contributed by atoms with Crippen molar-refractivity contribution in [3.05, 3.63) is 29.8 Å². The van der Waals surface area contributed by atoms with E-state index in [1.54, 1.807) is 12.1 Å². The molecule has 158 valence electrons. The lowest BCUT2D eigenvalue weighted by atomic mass is 9.81. The van der Waals surface area contributed by atoms with Gasteiger partial charge in [-0.1, -0.05) is 25.0 Å². The second-order valence-electron chi connectivity index (χ2n) is 7.76. The van der Waals surface area contributed by atoms with Crippen LogP contribution in [0.3, 0.4) is 0 Å². The van der Waals surface area contributed by atoms with Crippen LogP contribution in [0.5, 0.6) is 0 Å². The summed E-state index contributed by atoms with van der Waals surface area (Å²) in [6.07, 6.45) is 3.19. The average Bonchev–Trinajstić information content (AvgIpc) is 2.96. The lowest BCUT2D eigenvalue weighted by Gasteiger charge is -2.21. The molecule has 1 saturated heterocycles. The van der Waals surface area contributed by atoms with Gasteiger partial charge in [0, 0.05) is 14.1 Å². The summed E-state index contributed by atoms with van der Waals surface area (Å²) in [6.45, 7) is 1.34. The maximum absolute atomic E-state index is 12.6. The number of ether oxygens (including phenoxy) is 1. The standard InChI is InChI=1S/C20H26N2O6S/c1-13(22-18(23)16-9-4-5-10-17(16)19(22)24)20(25)28-12-14-7-6-8-15(11-14)29(26,27)21(2)3/h6-8,11,13,16-17H,4-5,9-10,12H2,1-3H3/t13-,16-,17+/m0/s1. The highest BCUT2D eigenvalue weighted by atomic mass is 32.2. The highest BCUT2D eigenvalue weighted by molar-refractivity contribution is 7.89. The Labute approximate surface area is 170 Å². The molecule has 1 aliphatic carbocycles. The number of hydrogen-bond acceptors (Lipinski definition) is 6. The number of nitrogens with zero attached hydrogens (tertiary/aromatic N) is 2. The molecule has 0 spiro atoms. The molecule has 2 aliphatic rings. The van der Waals surface area contributed by atoms with E-state index in [-0.39, 0.29) is 35.2 Å². The number of likely N-dealkylation sites (tertiary alicyclic amines) is 1. The van der Waals surface area contributed by atoms with Crippen molar-refractivity contribution >= 4 is 27.8 Å². The minimum Gasteiger partial charge on any atom is -0.459 e. The average molecular weight is 423 g/mol. The van der Waals surface area contributed by atoms with Gasteiger partial charge in [0.05, 0.1) is 16.7 Å². The van der Waals surface area contributed by atoms with Gasteiger partial charge in [0.2, 0.25) is 21.8 Å². The van der Waals surface area contributed by atoms with Crippen molar-refractivity contribution in [1.29, 1.82) is 0 Å². The van der Waals surface area contributed by atoms with E-state index in [1.165, 1.54) is 33.2 Å². The van der Waals surface area contributed by atoms with Crippen LogP contribution in [0, 0.1) is 11.8 Å². The molecular formula is C20H26N2O6S. The number of carbonyl (C=O) groups is 3. The Balaban J connectivity index is 1.67. The first-order valence-corrected chi connectivity index (χ1v) is 11.1. The smallest absolute Gasteiger partial charge is 0.329 e. The molecule has 3 rings (SSSR count). The number of fused-ring (bicyclic) bond motifs is 1. The fourth-order valence-corrected chi connectivity index (χ4v) is 4.93. The Kier molecular flexibility index (Phi) is 6.09. The summed E-state index contributed by atoms with van der Waals surface area (Å²) >= 11 is 0. The molecule has 1 saturated carbocycles. The summed E-state index contributed by atoms with van der Waals surface area (Å²) < 4.78 is 30.9. The zero-order chi connectivity index (χ0) is 21.3. The van der Waals surface area contributed by atoms with Crippen LogP contribution in [-0.4, -0.2) is 55.5 Å². The molecule has 1 aromatic rings. The van der Waals surface area contributed by atoms with Crippen molar-refractivity contribution in [3.8, 4) is 0 Å². The summed E-state index contributed by atoms with van der Waals surface area (Å²) in [4.78, 5) is 38.9. The summed E-state index contributed by atoms with van der Waals surface area (Å²) in [5.41, 5.74) is 0.501. The minimum atomic E-state index is -3.60. The summed E-state index contributed by atoms with van der Waals surface area (Å²) in [5, 5.41) is 0. The largest absolute Gasteiger partial charge is 0.459 e. The SMILES string of the molecule is C[C@@H](C(=O)OCc1cccc(S(=O)(=O)N(C)C)c1)N1C(=O)[C@H]2CCCC[C@H]2C1=O. The van der Waals surface area contributed by atoms with E-state index in [4.69, 9.17) is 4.74 Å². The molecule has 1 aliphatic heterocycles. The van der Waals surface area contributed by atoms with Crippen molar-refractivity contribution in [1.82, 2.24) is 9.21 Å². The molecule has 1 aromatic carbocycles. The predicted molar refractivity (Wildman–Crippen MR) is 104 cm³/mol. The van der Waals surface area contributed by atoms with Gasteiger partial charge in [-0.2, -0.15) is 0 Å². The minimum absolute atomic E-state index is 0.0954. The predicted octanol–water partition coefficient (Wildman–Crippen LogP) is 1.54. The van der Waals surface area contributed by atoms with Gasteiger partial charge in [-0.15, -0.1) is 0 Å². The molecule has 1 heterocycles. The van der Waals surface area contributed by atoms with Gasteiger partial charge >= 0.3 is 5.97 Å². The number of carbonyl (C=O) groups excluding carboxylic acids is 3. The zero-order valence-electron chi connectivity index (χ0n) is 16.8. The van der Waals surface area contributed by atoms with Crippen molar-refractivity contribution in [2.75, 3.05) is 14.1 Å². The summed E-state index contributed by atoms with van der Waals surface area (Å²) in [7, 11) is -0.727. The molecule has 8 nitrogen and oxygen atoms in total. The zero-order valence-corrected chi connectivity index (χ0v) is 17.6. The third-order valence-corrected chi connectivity index (χ3v) is 7.47. The molecule has 0 radical (unpaired) electrons. The van der Waals surface area contributed by atoms with Crippen LogP contribution in [0.1, 0.15) is 38.2 Å². The quantitative estimate of drug-likeness (QED) is 0.509. The number of amides is 2. The Morgan fingerprint density at radius 1 is 1.17 bits per heavy atom. The van der Waals surface area contributed by atoms with Gasteiger partial charge in [0.25, 0.3) is 0 Å². The molecule has 29 heavy (non-hydrogen) atoms. The van der Waals surface area contributed by atoms with Crippen LogP contribution in [0.25, 0.3) is 0 Å². The van der Waals surface area contributed by atoms with E-state index in [2.05, 4.69) is 0 Å². The molecule has 2 amide bonds. The maximum Gasteiger partial charge on any atom is 0.329 e. The number of esters is 1. The highest BCUT2D eigenvalue weighted by Gasteiger charge is 2.51. The van der Waals surface area contributed by atoms with E-state index in [0.717, 1.165) is 22.0 Å². The van der Waals surface area contributed by atoms with Crippen LogP contribution in [-0.2, 0) is 35.8 Å². The molecular weight excluding hydrogens is 396 g/mol. The fraction of sp³-hybridized carbons (Fsp3) is 0.550. The Hall–Kier alpha value is -2.26. The Bertz CT molecular complexity index is 903. The molecule has 2 fully saturated rings. The van der Waals surface area contributed by atoms with Crippen LogP contribution in [0.4, 0.5) is 0 Å². The lowest BCUT2D eigenvalue weighted by molar-refractivity contribution is -0.159. The van der Waals surface area contributed by atoms with E-state index < -0.39 is 22.0 Å². The number of sulfonamides is 1. The first kappa shape index (κ1) is 21.4. The van der Waals surface area contributed by atoms with Gasteiger partial charge in [0.15, 0.2) is 0 Å². The van der Waals surface area contributed by atoms with E-state index in [0.29, 0.717) is 18.4 Å². The molecule has 9 heteroatoms. The van der Waals surface area contributed by atoms with Gasteiger partial charge < -0.3 is 4.74 Å².